The van der Waals surface area contributed by atoms with Crippen molar-refractivity contribution in [3.63, 3.8) is 0 Å². The van der Waals surface area contributed by atoms with Gasteiger partial charge in [0, 0.05) is 0 Å². The van der Waals surface area contributed by atoms with Crippen LogP contribution in [0.5, 0.6) is 5.75 Å². The van der Waals surface area contributed by atoms with Crippen molar-refractivity contribution in [2.45, 2.75) is 24.1 Å². The summed E-state index contributed by atoms with van der Waals surface area (Å²) in [6.45, 7) is 0. The monoisotopic (exact) mass is 286 g/mol. The Labute approximate surface area is 104 Å². The van der Waals surface area contributed by atoms with Crippen LogP contribution in [0.1, 0.15) is 18.4 Å². The van der Waals surface area contributed by atoms with E-state index in [-0.39, 0.29) is 0 Å². The Hall–Kier alpha value is -1.03. The van der Waals surface area contributed by atoms with Crippen LogP contribution in [-0.4, -0.2) is 23.0 Å². The second kappa shape index (κ2) is 6.53. The van der Waals surface area contributed by atoms with E-state index in [1.165, 1.54) is 0 Å². The van der Waals surface area contributed by atoms with E-state index in [2.05, 4.69) is 15.9 Å². The lowest BCUT2D eigenvalue weighted by Crippen LogP contribution is -2.12. The van der Waals surface area contributed by atoms with Gasteiger partial charge in [0.15, 0.2) is 0 Å². The number of ether oxygens (including phenoxy) is 1. The van der Waals surface area contributed by atoms with Crippen molar-refractivity contribution < 1.29 is 14.6 Å². The van der Waals surface area contributed by atoms with E-state index < -0.39 is 10.8 Å². The normalized spacial score (nSPS) is 12.1. The Morgan fingerprint density at radius 1 is 1.50 bits per heavy atom. The van der Waals surface area contributed by atoms with Crippen molar-refractivity contribution in [1.29, 1.82) is 0 Å². The number of para-hydroxylation sites is 1. The molecule has 0 aliphatic heterocycles. The standard InChI is InChI=1S/C12H15BrO3/c1-16-11-8-3-2-5-9(11)6-4-7-10(13)12(14)15/h2-3,5,8,10H,4,6-7H2,1H3,(H,14,15). The largest absolute Gasteiger partial charge is 0.496 e. The molecular formula is C12H15BrO3. The maximum absolute atomic E-state index is 10.6. The summed E-state index contributed by atoms with van der Waals surface area (Å²) in [7, 11) is 1.64. The molecule has 0 fully saturated rings. The molecule has 0 saturated carbocycles. The minimum Gasteiger partial charge on any atom is -0.496 e. The van der Waals surface area contributed by atoms with Gasteiger partial charge in [0.1, 0.15) is 10.6 Å². The molecule has 0 bridgehead atoms. The third-order valence-corrected chi connectivity index (χ3v) is 3.21. The Morgan fingerprint density at radius 2 is 2.19 bits per heavy atom. The molecule has 0 aromatic heterocycles. The fraction of sp³-hybridized carbons (Fsp3) is 0.417. The van der Waals surface area contributed by atoms with Crippen molar-refractivity contribution in [3.8, 4) is 5.75 Å². The third-order valence-electron chi connectivity index (χ3n) is 2.36. The molecule has 0 saturated heterocycles. The number of rotatable bonds is 6. The van der Waals surface area contributed by atoms with Crippen LogP contribution in [0.3, 0.4) is 0 Å². The number of carboxylic acids is 1. The molecule has 0 heterocycles. The molecule has 1 atom stereocenters. The van der Waals surface area contributed by atoms with Gasteiger partial charge in [0.05, 0.1) is 7.11 Å². The number of hydrogen-bond donors (Lipinski definition) is 1. The first-order valence-electron chi connectivity index (χ1n) is 5.14. The number of carboxylic acid groups (broad SMARTS) is 1. The molecular weight excluding hydrogens is 272 g/mol. The molecule has 0 aliphatic rings. The van der Waals surface area contributed by atoms with Gasteiger partial charge in [-0.25, -0.2) is 0 Å². The van der Waals surface area contributed by atoms with E-state index >= 15 is 0 Å². The first-order valence-corrected chi connectivity index (χ1v) is 6.05. The maximum Gasteiger partial charge on any atom is 0.317 e. The highest BCUT2D eigenvalue weighted by atomic mass is 79.9. The molecule has 0 spiro atoms. The number of halogens is 1. The number of alkyl halides is 1. The average Bonchev–Trinajstić information content (AvgIpc) is 2.29. The molecule has 0 aliphatic carbocycles. The summed E-state index contributed by atoms with van der Waals surface area (Å²) in [5, 5.41) is 8.71. The predicted octanol–water partition coefficient (Wildman–Crippen LogP) is 2.87. The van der Waals surface area contributed by atoms with E-state index in [0.717, 1.165) is 24.2 Å². The molecule has 3 nitrogen and oxygen atoms in total. The Kier molecular flexibility index (Phi) is 5.32. The molecule has 1 aromatic carbocycles. The minimum atomic E-state index is -0.806. The van der Waals surface area contributed by atoms with Crippen molar-refractivity contribution in [3.05, 3.63) is 29.8 Å². The fourth-order valence-corrected chi connectivity index (χ4v) is 1.83. The van der Waals surface area contributed by atoms with Gasteiger partial charge >= 0.3 is 5.97 Å². The van der Waals surface area contributed by atoms with Gasteiger partial charge in [-0.2, -0.15) is 0 Å². The van der Waals surface area contributed by atoms with Crippen LogP contribution in [0.4, 0.5) is 0 Å². The molecule has 88 valence electrons. The second-order valence-electron chi connectivity index (χ2n) is 3.51. The van der Waals surface area contributed by atoms with E-state index in [0.29, 0.717) is 6.42 Å². The van der Waals surface area contributed by atoms with Gasteiger partial charge in [-0.05, 0) is 30.9 Å². The second-order valence-corrected chi connectivity index (χ2v) is 4.62. The van der Waals surface area contributed by atoms with Crippen molar-refractivity contribution in [2.75, 3.05) is 7.11 Å². The highest BCUT2D eigenvalue weighted by molar-refractivity contribution is 9.10. The molecule has 1 N–H and O–H groups in total. The number of aliphatic carboxylic acids is 1. The van der Waals surface area contributed by atoms with Crippen molar-refractivity contribution >= 4 is 21.9 Å². The quantitative estimate of drug-likeness (QED) is 0.818. The lowest BCUT2D eigenvalue weighted by molar-refractivity contribution is -0.136. The molecule has 0 radical (unpaired) electrons. The summed E-state index contributed by atoms with van der Waals surface area (Å²) >= 11 is 3.12. The molecule has 16 heavy (non-hydrogen) atoms. The van der Waals surface area contributed by atoms with Crippen LogP contribution in [-0.2, 0) is 11.2 Å². The number of methoxy groups -OCH3 is 1. The van der Waals surface area contributed by atoms with Crippen molar-refractivity contribution in [2.24, 2.45) is 0 Å². The van der Waals surface area contributed by atoms with E-state index in [9.17, 15) is 4.79 Å². The topological polar surface area (TPSA) is 46.5 Å². The lowest BCUT2D eigenvalue weighted by Gasteiger charge is -2.08. The Morgan fingerprint density at radius 3 is 2.81 bits per heavy atom. The number of hydrogen-bond acceptors (Lipinski definition) is 2. The van der Waals surface area contributed by atoms with Crippen LogP contribution in [0.2, 0.25) is 0 Å². The SMILES string of the molecule is COc1ccccc1CCCC(Br)C(=O)O. The molecule has 1 aromatic rings. The Bertz CT molecular complexity index is 352. The molecule has 0 amide bonds. The number of aryl methyl sites for hydroxylation is 1. The Balaban J connectivity index is 2.45. The van der Waals surface area contributed by atoms with Crippen molar-refractivity contribution in [1.82, 2.24) is 0 Å². The number of benzene rings is 1. The summed E-state index contributed by atoms with van der Waals surface area (Å²) in [4.78, 5) is 10.1. The van der Waals surface area contributed by atoms with E-state index in [4.69, 9.17) is 9.84 Å². The summed E-state index contributed by atoms with van der Waals surface area (Å²) in [5.74, 6) is 0.0592. The zero-order valence-corrected chi connectivity index (χ0v) is 10.7. The highest BCUT2D eigenvalue weighted by Gasteiger charge is 2.12. The lowest BCUT2D eigenvalue weighted by atomic mass is 10.1. The minimum absolute atomic E-state index is 0.456. The van der Waals surface area contributed by atoms with Gasteiger partial charge in [-0.1, -0.05) is 34.1 Å². The molecule has 4 heteroatoms. The summed E-state index contributed by atoms with van der Waals surface area (Å²) in [5.41, 5.74) is 1.12. The first kappa shape index (κ1) is 13.0. The summed E-state index contributed by atoms with van der Waals surface area (Å²) in [6.07, 6.45) is 2.27. The fourth-order valence-electron chi connectivity index (χ4n) is 1.50. The summed E-state index contributed by atoms with van der Waals surface area (Å²) < 4.78 is 5.22. The third kappa shape index (κ3) is 3.85. The highest BCUT2D eigenvalue weighted by Crippen LogP contribution is 2.20. The van der Waals surface area contributed by atoms with Gasteiger partial charge < -0.3 is 9.84 Å². The summed E-state index contributed by atoms with van der Waals surface area (Å²) in [6, 6.07) is 7.80. The van der Waals surface area contributed by atoms with Gasteiger partial charge in [0.25, 0.3) is 0 Å². The zero-order valence-electron chi connectivity index (χ0n) is 9.15. The van der Waals surface area contributed by atoms with E-state index in [1.54, 1.807) is 7.11 Å². The van der Waals surface area contributed by atoms with Gasteiger partial charge in [-0.15, -0.1) is 0 Å². The maximum atomic E-state index is 10.6. The van der Waals surface area contributed by atoms with Crippen LogP contribution in [0.25, 0.3) is 0 Å². The van der Waals surface area contributed by atoms with Crippen LogP contribution >= 0.6 is 15.9 Å². The molecule has 1 rings (SSSR count). The number of carbonyl (C=O) groups is 1. The predicted molar refractivity (Wildman–Crippen MR) is 66.3 cm³/mol. The van der Waals surface area contributed by atoms with Gasteiger partial charge in [0.2, 0.25) is 0 Å². The molecule has 1 unspecified atom stereocenters. The van der Waals surface area contributed by atoms with Crippen LogP contribution in [0, 0.1) is 0 Å². The first-order chi connectivity index (χ1) is 7.65. The van der Waals surface area contributed by atoms with Crippen LogP contribution < -0.4 is 4.74 Å². The van der Waals surface area contributed by atoms with Crippen LogP contribution in [0.15, 0.2) is 24.3 Å². The smallest absolute Gasteiger partial charge is 0.317 e. The zero-order chi connectivity index (χ0) is 12.0. The average molecular weight is 287 g/mol. The van der Waals surface area contributed by atoms with E-state index in [1.807, 2.05) is 24.3 Å². The van der Waals surface area contributed by atoms with Gasteiger partial charge in [-0.3, -0.25) is 4.79 Å².